The second-order valence-electron chi connectivity index (χ2n) is 5.47. The molecule has 0 radical (unpaired) electrons. The number of nitrogens with one attached hydrogen (secondary N) is 1. The van der Waals surface area contributed by atoms with E-state index in [1.165, 1.54) is 12.1 Å². The average molecular weight is 304 g/mol. The van der Waals surface area contributed by atoms with Gasteiger partial charge >= 0.3 is 0 Å². The van der Waals surface area contributed by atoms with Crippen LogP contribution in [0.25, 0.3) is 0 Å². The molecule has 5 heteroatoms. The van der Waals surface area contributed by atoms with Gasteiger partial charge in [-0.25, -0.2) is 4.39 Å². The molecule has 2 unspecified atom stereocenters. The molecule has 1 rings (SSSR count). The fourth-order valence-corrected chi connectivity index (χ4v) is 2.18. The van der Waals surface area contributed by atoms with Crippen LogP contribution in [0.15, 0.2) is 18.2 Å². The molecular weight excluding hydrogens is 281 g/mol. The fraction of sp³-hybridized carbons (Fsp3) is 0.600. The molecule has 2 atom stereocenters. The highest BCUT2D eigenvalue weighted by Crippen LogP contribution is 2.18. The van der Waals surface area contributed by atoms with E-state index in [0.717, 1.165) is 6.42 Å². The van der Waals surface area contributed by atoms with Crippen molar-refractivity contribution in [3.63, 3.8) is 0 Å². The first-order chi connectivity index (χ1) is 9.36. The zero-order valence-electron chi connectivity index (χ0n) is 12.2. The second-order valence-corrected chi connectivity index (χ2v) is 5.90. The lowest BCUT2D eigenvalue weighted by Gasteiger charge is -2.18. The molecule has 0 aliphatic rings. The third kappa shape index (κ3) is 7.08. The highest BCUT2D eigenvalue weighted by Gasteiger charge is 2.10. The van der Waals surface area contributed by atoms with Crippen molar-refractivity contribution in [2.45, 2.75) is 39.4 Å². The van der Waals surface area contributed by atoms with Gasteiger partial charge in [-0.05, 0) is 37.5 Å². The summed E-state index contributed by atoms with van der Waals surface area (Å²) in [5.41, 5.74) is 0.546. The average Bonchev–Trinajstić information content (AvgIpc) is 2.32. The van der Waals surface area contributed by atoms with Gasteiger partial charge in [-0.15, -0.1) is 0 Å². The first-order valence-electron chi connectivity index (χ1n) is 6.86. The molecule has 0 fully saturated rings. The van der Waals surface area contributed by atoms with Gasteiger partial charge in [0.05, 0.1) is 18.8 Å². The zero-order chi connectivity index (χ0) is 15.1. The van der Waals surface area contributed by atoms with Crippen molar-refractivity contribution in [2.75, 3.05) is 18.5 Å². The van der Waals surface area contributed by atoms with Crippen LogP contribution in [0.4, 0.5) is 10.1 Å². The van der Waals surface area contributed by atoms with Crippen LogP contribution in [0.5, 0.6) is 0 Å². The third-order valence-corrected chi connectivity index (χ3v) is 3.00. The van der Waals surface area contributed by atoms with Crippen LogP contribution < -0.4 is 5.32 Å². The quantitative estimate of drug-likeness (QED) is 0.769. The minimum atomic E-state index is -0.647. The molecule has 20 heavy (non-hydrogen) atoms. The summed E-state index contributed by atoms with van der Waals surface area (Å²) in [6.45, 7) is 6.79. The van der Waals surface area contributed by atoms with Crippen molar-refractivity contribution in [3.8, 4) is 0 Å². The molecule has 0 amide bonds. The number of aliphatic hydroxyl groups is 1. The van der Waals surface area contributed by atoms with Crippen molar-refractivity contribution in [1.82, 2.24) is 0 Å². The maximum atomic E-state index is 13.1. The molecule has 114 valence electrons. The molecule has 0 saturated heterocycles. The molecule has 1 aromatic carbocycles. The first-order valence-corrected chi connectivity index (χ1v) is 7.24. The maximum Gasteiger partial charge on any atom is 0.126 e. The van der Waals surface area contributed by atoms with Gasteiger partial charge in [-0.3, -0.25) is 0 Å². The van der Waals surface area contributed by atoms with Crippen LogP contribution in [-0.4, -0.2) is 30.5 Å². The van der Waals surface area contributed by atoms with E-state index in [4.69, 9.17) is 16.3 Å². The van der Waals surface area contributed by atoms with E-state index < -0.39 is 11.9 Å². The van der Waals surface area contributed by atoms with Gasteiger partial charge < -0.3 is 15.2 Å². The minimum absolute atomic E-state index is 0.119. The number of anilines is 1. The summed E-state index contributed by atoms with van der Waals surface area (Å²) in [4.78, 5) is 0. The molecular formula is C15H23ClFNO2. The number of rotatable bonds is 8. The Kier molecular flexibility index (Phi) is 7.27. The lowest BCUT2D eigenvalue weighted by molar-refractivity contribution is -0.00443. The van der Waals surface area contributed by atoms with Crippen molar-refractivity contribution in [2.24, 2.45) is 5.92 Å². The third-order valence-electron chi connectivity index (χ3n) is 2.78. The van der Waals surface area contributed by atoms with Crippen LogP contribution >= 0.6 is 11.6 Å². The van der Waals surface area contributed by atoms with E-state index in [0.29, 0.717) is 16.6 Å². The summed E-state index contributed by atoms with van der Waals surface area (Å²) in [7, 11) is 0. The lowest BCUT2D eigenvalue weighted by atomic mass is 10.1. The molecule has 3 nitrogen and oxygen atoms in total. The standard InChI is InChI=1S/C15H23ClFNO2/c1-10(2)4-11(3)20-9-15(19)8-18-14-6-12(16)5-13(17)7-14/h5-7,10-11,15,18-19H,4,8-9H2,1-3H3. The van der Waals surface area contributed by atoms with Gasteiger partial charge in [0.2, 0.25) is 0 Å². The van der Waals surface area contributed by atoms with Crippen molar-refractivity contribution >= 4 is 17.3 Å². The normalized spacial score (nSPS) is 14.3. The van der Waals surface area contributed by atoms with Gasteiger partial charge in [-0.2, -0.15) is 0 Å². The maximum absolute atomic E-state index is 13.1. The predicted molar refractivity (Wildman–Crippen MR) is 80.8 cm³/mol. The Bertz CT molecular complexity index is 395. The van der Waals surface area contributed by atoms with Crippen LogP contribution in [0, 0.1) is 11.7 Å². The summed E-state index contributed by atoms with van der Waals surface area (Å²) in [6, 6.07) is 4.18. The van der Waals surface area contributed by atoms with Crippen LogP contribution in [0.2, 0.25) is 5.02 Å². The number of hydrogen-bond acceptors (Lipinski definition) is 3. The predicted octanol–water partition coefficient (Wildman–Crippen LogP) is 3.70. The van der Waals surface area contributed by atoms with Crippen LogP contribution in [0.3, 0.4) is 0 Å². The van der Waals surface area contributed by atoms with Crippen molar-refractivity contribution in [3.05, 3.63) is 29.0 Å². The zero-order valence-corrected chi connectivity index (χ0v) is 13.0. The van der Waals surface area contributed by atoms with E-state index in [1.807, 2.05) is 6.92 Å². The molecule has 2 N–H and O–H groups in total. The molecule has 0 bridgehead atoms. The highest BCUT2D eigenvalue weighted by molar-refractivity contribution is 6.30. The Labute approximate surface area is 125 Å². The van der Waals surface area contributed by atoms with E-state index in [-0.39, 0.29) is 19.3 Å². The molecule has 0 heterocycles. The second kappa shape index (κ2) is 8.45. The number of hydrogen-bond donors (Lipinski definition) is 2. The number of benzene rings is 1. The van der Waals surface area contributed by atoms with Gasteiger partial charge in [0, 0.05) is 17.3 Å². The summed E-state index contributed by atoms with van der Waals surface area (Å²) >= 11 is 5.75. The minimum Gasteiger partial charge on any atom is -0.389 e. The topological polar surface area (TPSA) is 41.5 Å². The summed E-state index contributed by atoms with van der Waals surface area (Å²) in [5, 5.41) is 13.1. The Balaban J connectivity index is 2.30. The molecule has 0 saturated carbocycles. The van der Waals surface area contributed by atoms with Crippen molar-refractivity contribution < 1.29 is 14.2 Å². The monoisotopic (exact) mass is 303 g/mol. The summed E-state index contributed by atoms with van der Waals surface area (Å²) in [5.74, 6) is 0.158. The van der Waals surface area contributed by atoms with Gasteiger partial charge in [0.1, 0.15) is 5.82 Å². The number of halogens is 2. The fourth-order valence-electron chi connectivity index (χ4n) is 1.96. The molecule has 0 aliphatic heterocycles. The Morgan fingerprint density at radius 3 is 2.60 bits per heavy atom. The van der Waals surface area contributed by atoms with Crippen LogP contribution in [-0.2, 0) is 4.74 Å². The van der Waals surface area contributed by atoms with Crippen molar-refractivity contribution in [1.29, 1.82) is 0 Å². The molecule has 1 aromatic rings. The van der Waals surface area contributed by atoms with Crippen LogP contribution in [0.1, 0.15) is 27.2 Å². The first kappa shape index (κ1) is 17.2. The molecule has 0 aromatic heterocycles. The number of ether oxygens (including phenoxy) is 1. The largest absolute Gasteiger partial charge is 0.389 e. The van der Waals surface area contributed by atoms with E-state index in [1.54, 1.807) is 6.07 Å². The van der Waals surface area contributed by atoms with Gasteiger partial charge in [0.25, 0.3) is 0 Å². The molecule has 0 aliphatic carbocycles. The van der Waals surface area contributed by atoms with Gasteiger partial charge in [-0.1, -0.05) is 25.4 Å². The SMILES string of the molecule is CC(C)CC(C)OCC(O)CNc1cc(F)cc(Cl)c1. The summed E-state index contributed by atoms with van der Waals surface area (Å²) in [6.07, 6.45) is 0.430. The lowest BCUT2D eigenvalue weighted by Crippen LogP contribution is -2.27. The Morgan fingerprint density at radius 1 is 1.30 bits per heavy atom. The van der Waals surface area contributed by atoms with E-state index in [2.05, 4.69) is 19.2 Å². The molecule has 0 spiro atoms. The highest BCUT2D eigenvalue weighted by atomic mass is 35.5. The Hall–Kier alpha value is -0.840. The van der Waals surface area contributed by atoms with E-state index in [9.17, 15) is 9.50 Å². The van der Waals surface area contributed by atoms with E-state index >= 15 is 0 Å². The Morgan fingerprint density at radius 2 is 2.00 bits per heavy atom. The summed E-state index contributed by atoms with van der Waals surface area (Å²) < 4.78 is 18.7. The smallest absolute Gasteiger partial charge is 0.126 e. The van der Waals surface area contributed by atoms with Gasteiger partial charge in [0.15, 0.2) is 0 Å². The number of aliphatic hydroxyl groups excluding tert-OH is 1.